The molecule has 0 radical (unpaired) electrons. The molecule has 1 saturated carbocycles. The Hall–Kier alpha value is -3.21. The molecule has 8 nitrogen and oxygen atoms in total. The maximum absolute atomic E-state index is 13.4. The number of aliphatic imine (C=N–C) groups is 1. The third-order valence-electron chi connectivity index (χ3n) is 5.94. The molecule has 2 aromatic rings. The number of rotatable bonds is 7. The molecule has 12 heteroatoms. The number of ether oxygens (including phenoxy) is 2. The monoisotopic (exact) mass is 543 g/mol. The Morgan fingerprint density at radius 1 is 1.19 bits per heavy atom. The van der Waals surface area contributed by atoms with E-state index >= 15 is 0 Å². The minimum Gasteiger partial charge on any atom is -0.494 e. The Labute approximate surface area is 217 Å². The Bertz CT molecular complexity index is 1140. The van der Waals surface area contributed by atoms with Gasteiger partial charge in [0.2, 0.25) is 5.76 Å². The summed E-state index contributed by atoms with van der Waals surface area (Å²) in [4.78, 5) is 29.2. The summed E-state index contributed by atoms with van der Waals surface area (Å²) in [5.41, 5.74) is -0.305. The first-order valence-electron chi connectivity index (χ1n) is 11.8. The molecule has 0 bridgehead atoms. The number of halogens is 4. The van der Waals surface area contributed by atoms with E-state index in [0.717, 1.165) is 6.07 Å². The van der Waals surface area contributed by atoms with Gasteiger partial charge in [-0.25, -0.2) is 9.79 Å². The Kier molecular flexibility index (Phi) is 9.47. The molecule has 0 aliphatic heterocycles. The van der Waals surface area contributed by atoms with E-state index in [1.54, 1.807) is 19.1 Å². The average molecular weight is 544 g/mol. The van der Waals surface area contributed by atoms with Gasteiger partial charge >= 0.3 is 12.3 Å². The van der Waals surface area contributed by atoms with Gasteiger partial charge in [0.15, 0.2) is 0 Å². The molecule has 1 fully saturated rings. The van der Waals surface area contributed by atoms with Crippen molar-refractivity contribution in [3.63, 3.8) is 0 Å². The number of alkyl carbamates (subject to hydrolysis) is 1. The zero-order chi connectivity index (χ0) is 27.2. The second-order valence-electron chi connectivity index (χ2n) is 8.71. The highest BCUT2D eigenvalue weighted by molar-refractivity contribution is 6.31. The number of amidine groups is 1. The number of hydrogen-bond donors (Lipinski definition) is 2. The van der Waals surface area contributed by atoms with Gasteiger partial charge in [-0.3, -0.25) is 4.79 Å². The van der Waals surface area contributed by atoms with Gasteiger partial charge in [-0.15, -0.1) is 0 Å². The van der Waals surface area contributed by atoms with Crippen LogP contribution in [0.3, 0.4) is 0 Å². The molecule has 202 valence electrons. The van der Waals surface area contributed by atoms with E-state index in [1.165, 1.54) is 20.1 Å². The number of benzene rings is 1. The van der Waals surface area contributed by atoms with E-state index < -0.39 is 29.5 Å². The molecule has 0 atom stereocenters. The van der Waals surface area contributed by atoms with Crippen molar-refractivity contribution < 1.29 is 36.7 Å². The number of hydrogen-bond acceptors (Lipinski definition) is 6. The number of nitrogens with one attached hydrogen (secondary N) is 2. The number of furan rings is 1. The van der Waals surface area contributed by atoms with Gasteiger partial charge < -0.3 is 24.5 Å². The summed E-state index contributed by atoms with van der Waals surface area (Å²) >= 11 is 6.11. The summed E-state index contributed by atoms with van der Waals surface area (Å²) in [5.74, 6) is -1.78. The Balaban J connectivity index is 1.82. The third kappa shape index (κ3) is 7.88. The Morgan fingerprint density at radius 2 is 1.89 bits per heavy atom. The standard InChI is InChI=1S/C25H29ClF3N3O5/c1-4-36-24(34)30-17-8-5-15(6-9-17)12-21(31-19-13-16(26)7-10-20(19)35-3)32-23(33)18-11-14(2)37-22(18)25(27,28)29/h7,10-11,13,15,17H,4-6,8-9,12H2,1-3H3,(H,30,34)(H,31,32,33). The van der Waals surface area contributed by atoms with Gasteiger partial charge in [-0.1, -0.05) is 11.6 Å². The number of amides is 2. The number of methoxy groups -OCH3 is 1. The van der Waals surface area contributed by atoms with E-state index in [4.69, 9.17) is 25.5 Å². The molecule has 3 rings (SSSR count). The van der Waals surface area contributed by atoms with Crippen LogP contribution in [-0.4, -0.2) is 37.6 Å². The molecule has 2 amide bonds. The third-order valence-corrected chi connectivity index (χ3v) is 6.17. The van der Waals surface area contributed by atoms with Crippen LogP contribution in [0.2, 0.25) is 5.02 Å². The van der Waals surface area contributed by atoms with Crippen molar-refractivity contribution in [2.24, 2.45) is 10.9 Å². The van der Waals surface area contributed by atoms with Crippen LogP contribution in [0, 0.1) is 12.8 Å². The predicted molar refractivity (Wildman–Crippen MR) is 132 cm³/mol. The summed E-state index contributed by atoms with van der Waals surface area (Å²) in [6, 6.07) is 5.76. The normalized spacial score (nSPS) is 18.3. The predicted octanol–water partition coefficient (Wildman–Crippen LogP) is 6.42. The highest BCUT2D eigenvalue weighted by atomic mass is 35.5. The highest BCUT2D eigenvalue weighted by Crippen LogP contribution is 2.35. The zero-order valence-corrected chi connectivity index (χ0v) is 21.5. The fourth-order valence-electron chi connectivity index (χ4n) is 4.24. The number of nitrogens with zero attached hydrogens (tertiary/aromatic N) is 1. The quantitative estimate of drug-likeness (QED) is 0.310. The van der Waals surface area contributed by atoms with Crippen molar-refractivity contribution >= 4 is 35.1 Å². The largest absolute Gasteiger partial charge is 0.494 e. The van der Waals surface area contributed by atoms with Crippen molar-refractivity contribution in [3.8, 4) is 5.75 Å². The molecular weight excluding hydrogens is 515 g/mol. The SMILES string of the molecule is CCOC(=O)NC1CCC(CC(=Nc2cc(Cl)ccc2OC)NC(=O)c2cc(C)oc2C(F)(F)F)CC1. The summed E-state index contributed by atoms with van der Waals surface area (Å²) < 4.78 is 55.3. The molecule has 1 aromatic heterocycles. The Morgan fingerprint density at radius 3 is 2.51 bits per heavy atom. The highest BCUT2D eigenvalue weighted by Gasteiger charge is 2.40. The molecular formula is C25H29ClF3N3O5. The molecule has 0 unspecified atom stereocenters. The molecule has 1 aliphatic carbocycles. The van der Waals surface area contributed by atoms with Crippen LogP contribution < -0.4 is 15.4 Å². The number of carbonyl (C=O) groups excluding carboxylic acids is 2. The minimum absolute atomic E-state index is 0.0402. The second-order valence-corrected chi connectivity index (χ2v) is 9.15. The lowest BCUT2D eigenvalue weighted by atomic mass is 9.84. The molecule has 37 heavy (non-hydrogen) atoms. The smallest absolute Gasteiger partial charge is 0.450 e. The van der Waals surface area contributed by atoms with Gasteiger partial charge in [0.05, 0.1) is 19.3 Å². The number of aryl methyl sites for hydroxylation is 1. The van der Waals surface area contributed by atoms with Crippen molar-refractivity contribution in [1.82, 2.24) is 10.6 Å². The van der Waals surface area contributed by atoms with Gasteiger partial charge in [-0.2, -0.15) is 13.2 Å². The van der Waals surface area contributed by atoms with Crippen LogP contribution in [0.25, 0.3) is 0 Å². The molecule has 0 spiro atoms. The maximum atomic E-state index is 13.4. The zero-order valence-electron chi connectivity index (χ0n) is 20.7. The lowest BCUT2D eigenvalue weighted by Gasteiger charge is -2.29. The first-order valence-corrected chi connectivity index (χ1v) is 12.2. The van der Waals surface area contributed by atoms with Gasteiger partial charge in [0, 0.05) is 17.5 Å². The molecule has 1 aliphatic rings. The summed E-state index contributed by atoms with van der Waals surface area (Å²) in [6.45, 7) is 3.34. The van der Waals surface area contributed by atoms with E-state index in [1.807, 2.05) is 0 Å². The summed E-state index contributed by atoms with van der Waals surface area (Å²) in [5, 5.41) is 5.75. The summed E-state index contributed by atoms with van der Waals surface area (Å²) in [7, 11) is 1.45. The molecule has 1 aromatic carbocycles. The summed E-state index contributed by atoms with van der Waals surface area (Å²) in [6.07, 6.45) is -2.24. The lowest BCUT2D eigenvalue weighted by molar-refractivity contribution is -0.153. The first-order chi connectivity index (χ1) is 17.5. The van der Waals surface area contributed by atoms with Crippen LogP contribution >= 0.6 is 11.6 Å². The van der Waals surface area contributed by atoms with Crippen molar-refractivity contribution in [2.75, 3.05) is 13.7 Å². The van der Waals surface area contributed by atoms with Crippen LogP contribution in [0.5, 0.6) is 5.75 Å². The lowest BCUT2D eigenvalue weighted by Crippen LogP contribution is -2.39. The van der Waals surface area contributed by atoms with Crippen molar-refractivity contribution in [2.45, 2.75) is 58.2 Å². The number of alkyl halides is 3. The maximum Gasteiger partial charge on any atom is 0.450 e. The fourth-order valence-corrected chi connectivity index (χ4v) is 4.40. The van der Waals surface area contributed by atoms with E-state index in [0.29, 0.717) is 42.1 Å². The van der Waals surface area contributed by atoms with Crippen molar-refractivity contribution in [1.29, 1.82) is 0 Å². The minimum atomic E-state index is -4.83. The van der Waals surface area contributed by atoms with Gasteiger partial charge in [0.1, 0.15) is 23.0 Å². The van der Waals surface area contributed by atoms with Gasteiger partial charge in [0.25, 0.3) is 5.91 Å². The molecule has 2 N–H and O–H groups in total. The molecule has 1 heterocycles. The topological polar surface area (TPSA) is 102 Å². The molecule has 0 saturated heterocycles. The van der Waals surface area contributed by atoms with Crippen LogP contribution in [-0.2, 0) is 10.9 Å². The van der Waals surface area contributed by atoms with Gasteiger partial charge in [-0.05, 0) is 69.7 Å². The average Bonchev–Trinajstić information content (AvgIpc) is 3.23. The van der Waals surface area contributed by atoms with E-state index in [2.05, 4.69) is 15.6 Å². The number of carbonyl (C=O) groups is 2. The van der Waals surface area contributed by atoms with Crippen LogP contribution in [0.15, 0.2) is 33.7 Å². The van der Waals surface area contributed by atoms with Crippen molar-refractivity contribution in [3.05, 3.63) is 46.4 Å². The van der Waals surface area contributed by atoms with Crippen LogP contribution in [0.4, 0.5) is 23.7 Å². The first kappa shape index (κ1) is 28.4. The van der Waals surface area contributed by atoms with E-state index in [9.17, 15) is 22.8 Å². The fraction of sp³-hybridized carbons (Fsp3) is 0.480. The second kappa shape index (κ2) is 12.4. The van der Waals surface area contributed by atoms with Crippen LogP contribution in [0.1, 0.15) is 60.9 Å². The van der Waals surface area contributed by atoms with E-state index in [-0.39, 0.29) is 36.6 Å².